The molecule has 0 amide bonds. The van der Waals surface area contributed by atoms with Crippen molar-refractivity contribution in [3.05, 3.63) is 21.4 Å². The van der Waals surface area contributed by atoms with Crippen LogP contribution in [0.15, 0.2) is 10.5 Å². The molecule has 0 atom stereocenters. The van der Waals surface area contributed by atoms with Crippen LogP contribution in [-0.4, -0.2) is 5.11 Å². The zero-order valence-corrected chi connectivity index (χ0v) is 7.58. The molecule has 1 rings (SSSR count). The van der Waals surface area contributed by atoms with Gasteiger partial charge in [-0.05, 0) is 22.0 Å². The van der Waals surface area contributed by atoms with Gasteiger partial charge in [-0.15, -0.1) is 0 Å². The molecule has 1 aromatic carbocycles. The fourth-order valence-corrected chi connectivity index (χ4v) is 1.10. The Morgan fingerprint density at radius 3 is 2.73 bits per heavy atom. The number of hydrogen-bond donors (Lipinski definition) is 2. The molecular formula is C6H4BrClFNO. The topological polar surface area (TPSA) is 46.2 Å². The maximum absolute atomic E-state index is 12.7. The number of nitrogens with two attached hydrogens (primary N) is 1. The molecule has 0 aliphatic carbocycles. The van der Waals surface area contributed by atoms with E-state index in [1.54, 1.807) is 0 Å². The number of phenolic OH excluding ortho intramolecular Hbond substituents is 1. The van der Waals surface area contributed by atoms with E-state index < -0.39 is 5.82 Å². The Bertz CT molecular complexity index is 279. The predicted octanol–water partition coefficient (Wildman–Crippen LogP) is 2.53. The second-order valence-electron chi connectivity index (χ2n) is 1.92. The summed E-state index contributed by atoms with van der Waals surface area (Å²) in [5, 5.41) is 8.96. The van der Waals surface area contributed by atoms with Crippen LogP contribution in [-0.2, 0) is 0 Å². The van der Waals surface area contributed by atoms with Gasteiger partial charge in [0.05, 0.1) is 15.2 Å². The SMILES string of the molecule is Nc1c(O)c(Cl)cc(F)c1Br. The molecule has 5 heteroatoms. The van der Waals surface area contributed by atoms with E-state index in [9.17, 15) is 4.39 Å². The predicted molar refractivity (Wildman–Crippen MR) is 45.2 cm³/mol. The third-order valence-electron chi connectivity index (χ3n) is 1.18. The summed E-state index contributed by atoms with van der Waals surface area (Å²) in [6.45, 7) is 0. The minimum absolute atomic E-state index is 0.0272. The molecule has 11 heavy (non-hydrogen) atoms. The van der Waals surface area contributed by atoms with Crippen LogP contribution in [0.5, 0.6) is 5.75 Å². The third kappa shape index (κ3) is 1.41. The maximum Gasteiger partial charge on any atom is 0.158 e. The lowest BCUT2D eigenvalue weighted by atomic mass is 10.3. The monoisotopic (exact) mass is 239 g/mol. The Morgan fingerprint density at radius 1 is 1.64 bits per heavy atom. The molecule has 2 nitrogen and oxygen atoms in total. The lowest BCUT2D eigenvalue weighted by Gasteiger charge is -2.03. The molecule has 0 aromatic heterocycles. The molecule has 0 saturated carbocycles. The van der Waals surface area contributed by atoms with Gasteiger partial charge in [0.25, 0.3) is 0 Å². The fourth-order valence-electron chi connectivity index (χ4n) is 0.604. The van der Waals surface area contributed by atoms with E-state index in [1.165, 1.54) is 0 Å². The third-order valence-corrected chi connectivity index (χ3v) is 2.28. The molecule has 1 aromatic rings. The van der Waals surface area contributed by atoms with E-state index in [-0.39, 0.29) is 20.9 Å². The number of anilines is 1. The van der Waals surface area contributed by atoms with Gasteiger partial charge in [0, 0.05) is 0 Å². The smallest absolute Gasteiger partial charge is 0.158 e. The highest BCUT2D eigenvalue weighted by atomic mass is 79.9. The van der Waals surface area contributed by atoms with Crippen LogP contribution in [0, 0.1) is 5.82 Å². The molecule has 0 bridgehead atoms. The maximum atomic E-state index is 12.7. The number of phenols is 1. The van der Waals surface area contributed by atoms with Crippen LogP contribution in [0.1, 0.15) is 0 Å². The first kappa shape index (κ1) is 8.62. The van der Waals surface area contributed by atoms with E-state index in [1.807, 2.05) is 0 Å². The van der Waals surface area contributed by atoms with Crippen LogP contribution >= 0.6 is 27.5 Å². The highest BCUT2D eigenvalue weighted by Gasteiger charge is 2.11. The largest absolute Gasteiger partial charge is 0.504 e. The summed E-state index contributed by atoms with van der Waals surface area (Å²) in [7, 11) is 0. The van der Waals surface area contributed by atoms with Gasteiger partial charge in [-0.25, -0.2) is 4.39 Å². The first-order valence-electron chi connectivity index (χ1n) is 2.66. The molecule has 0 fully saturated rings. The van der Waals surface area contributed by atoms with Gasteiger partial charge in [-0.3, -0.25) is 0 Å². The van der Waals surface area contributed by atoms with Gasteiger partial charge >= 0.3 is 0 Å². The van der Waals surface area contributed by atoms with Gasteiger partial charge in [0.2, 0.25) is 0 Å². The molecule has 0 aliphatic rings. The number of hydrogen-bond acceptors (Lipinski definition) is 2. The molecular weight excluding hydrogens is 236 g/mol. The second-order valence-corrected chi connectivity index (χ2v) is 3.12. The Morgan fingerprint density at radius 2 is 2.18 bits per heavy atom. The lowest BCUT2D eigenvalue weighted by molar-refractivity contribution is 0.475. The van der Waals surface area contributed by atoms with Crippen LogP contribution < -0.4 is 5.73 Å². The molecule has 3 N–H and O–H groups in total. The van der Waals surface area contributed by atoms with Crippen molar-refractivity contribution in [3.8, 4) is 5.75 Å². The zero-order chi connectivity index (χ0) is 8.59. The Kier molecular flexibility index (Phi) is 2.25. The Hall–Kier alpha value is -0.480. The fraction of sp³-hybridized carbons (Fsp3) is 0. The molecule has 0 aliphatic heterocycles. The average Bonchev–Trinajstić information content (AvgIpc) is 1.97. The van der Waals surface area contributed by atoms with Crippen molar-refractivity contribution in [2.45, 2.75) is 0 Å². The molecule has 0 unspecified atom stereocenters. The van der Waals surface area contributed by atoms with Crippen LogP contribution in [0.3, 0.4) is 0 Å². The summed E-state index contributed by atoms with van der Waals surface area (Å²) in [6, 6.07) is 0.983. The highest BCUT2D eigenvalue weighted by Crippen LogP contribution is 2.37. The Labute approximate surface area is 75.9 Å². The summed E-state index contributed by atoms with van der Waals surface area (Å²) in [4.78, 5) is 0. The van der Waals surface area contributed by atoms with Gasteiger partial charge in [0.15, 0.2) is 5.75 Å². The summed E-state index contributed by atoms with van der Waals surface area (Å²) >= 11 is 8.25. The summed E-state index contributed by atoms with van der Waals surface area (Å²) in [6.07, 6.45) is 0. The average molecular weight is 240 g/mol. The number of rotatable bonds is 0. The van der Waals surface area contributed by atoms with Gasteiger partial charge in [-0.1, -0.05) is 11.6 Å². The van der Waals surface area contributed by atoms with Crippen molar-refractivity contribution in [1.29, 1.82) is 0 Å². The van der Waals surface area contributed by atoms with E-state index in [0.717, 1.165) is 6.07 Å². The standard InChI is InChI=1S/C6H4BrClFNO/c7-4-3(9)1-2(8)6(11)5(4)10/h1,11H,10H2. The molecule has 0 radical (unpaired) electrons. The number of halogens is 3. The van der Waals surface area contributed by atoms with Crippen molar-refractivity contribution in [2.24, 2.45) is 0 Å². The minimum Gasteiger partial charge on any atom is -0.504 e. The van der Waals surface area contributed by atoms with Crippen LogP contribution in [0.4, 0.5) is 10.1 Å². The van der Waals surface area contributed by atoms with Crippen LogP contribution in [0.2, 0.25) is 5.02 Å². The second kappa shape index (κ2) is 2.87. The summed E-state index contributed by atoms with van der Waals surface area (Å²) in [5.74, 6) is -0.898. The first-order chi connectivity index (χ1) is 5.04. The lowest BCUT2D eigenvalue weighted by Crippen LogP contribution is -1.90. The van der Waals surface area contributed by atoms with E-state index in [0.29, 0.717) is 0 Å². The van der Waals surface area contributed by atoms with E-state index in [2.05, 4.69) is 15.9 Å². The minimum atomic E-state index is -0.592. The Balaban J connectivity index is 3.46. The molecule has 0 saturated heterocycles. The number of benzene rings is 1. The van der Waals surface area contributed by atoms with Gasteiger partial charge < -0.3 is 10.8 Å². The summed E-state index contributed by atoms with van der Waals surface area (Å²) in [5.41, 5.74) is 5.17. The molecule has 0 spiro atoms. The van der Waals surface area contributed by atoms with Crippen molar-refractivity contribution < 1.29 is 9.50 Å². The van der Waals surface area contributed by atoms with Crippen LogP contribution in [0.25, 0.3) is 0 Å². The van der Waals surface area contributed by atoms with Gasteiger partial charge in [0.1, 0.15) is 5.82 Å². The van der Waals surface area contributed by atoms with Crippen molar-refractivity contribution in [3.63, 3.8) is 0 Å². The quantitative estimate of drug-likeness (QED) is 0.416. The summed E-state index contributed by atoms with van der Waals surface area (Å²) < 4.78 is 12.7. The van der Waals surface area contributed by atoms with E-state index in [4.69, 9.17) is 22.4 Å². The molecule has 0 heterocycles. The number of nitrogen functional groups attached to an aromatic ring is 1. The van der Waals surface area contributed by atoms with Crippen molar-refractivity contribution in [2.75, 3.05) is 5.73 Å². The van der Waals surface area contributed by atoms with Gasteiger partial charge in [-0.2, -0.15) is 0 Å². The van der Waals surface area contributed by atoms with Crippen molar-refractivity contribution >= 4 is 33.2 Å². The van der Waals surface area contributed by atoms with E-state index >= 15 is 0 Å². The molecule has 60 valence electrons. The normalized spacial score (nSPS) is 10.1. The highest BCUT2D eigenvalue weighted by molar-refractivity contribution is 9.10. The first-order valence-corrected chi connectivity index (χ1v) is 3.83. The number of aromatic hydroxyl groups is 1. The van der Waals surface area contributed by atoms with Crippen molar-refractivity contribution in [1.82, 2.24) is 0 Å². The zero-order valence-electron chi connectivity index (χ0n) is 5.24.